The van der Waals surface area contributed by atoms with Crippen molar-refractivity contribution >= 4 is 23.0 Å². The number of para-hydroxylation sites is 1. The van der Waals surface area contributed by atoms with Crippen molar-refractivity contribution in [1.82, 2.24) is 4.68 Å². The van der Waals surface area contributed by atoms with Crippen LogP contribution < -0.4 is 5.43 Å². The number of carbonyl (C=O) groups excluding carboxylic acids is 1. The van der Waals surface area contributed by atoms with Crippen molar-refractivity contribution in [2.45, 2.75) is 57.5 Å². The lowest BCUT2D eigenvalue weighted by Gasteiger charge is -2.53. The summed E-state index contributed by atoms with van der Waals surface area (Å²) in [7, 11) is 0. The fourth-order valence-electron chi connectivity index (χ4n) is 6.29. The quantitative estimate of drug-likeness (QED) is 0.750. The predicted molar refractivity (Wildman–Crippen MR) is 109 cm³/mol. The molecule has 1 aromatic carbocycles. The third-order valence-corrected chi connectivity index (χ3v) is 7.23. The minimum Gasteiger partial charge on any atom is -0.481 e. The van der Waals surface area contributed by atoms with E-state index in [2.05, 4.69) is 5.43 Å². The molecular weight excluding hydrogens is 368 g/mol. The Labute approximate surface area is 170 Å². The number of carbonyl (C=O) groups is 2. The molecule has 4 fully saturated rings. The molecule has 0 radical (unpaired) electrons. The second-order valence-electron chi connectivity index (χ2n) is 9.20. The lowest BCUT2D eigenvalue weighted by molar-refractivity contribution is -0.137. The van der Waals surface area contributed by atoms with E-state index in [0.717, 1.165) is 28.3 Å². The second-order valence-corrected chi connectivity index (χ2v) is 9.20. The normalized spacial score (nSPS) is 29.9. The number of aliphatic carboxylic acids is 1. The van der Waals surface area contributed by atoms with Crippen LogP contribution >= 0.6 is 0 Å². The number of aryl methyl sites for hydroxylation is 1. The topological polar surface area (TPSA) is 80.6 Å². The molecule has 154 valence electrons. The van der Waals surface area contributed by atoms with E-state index in [9.17, 15) is 9.59 Å². The molecule has 6 nitrogen and oxygen atoms in total. The first-order chi connectivity index (χ1) is 14.1. The maximum Gasteiger partial charge on any atom is 0.426 e. The molecule has 0 saturated heterocycles. The van der Waals surface area contributed by atoms with E-state index in [4.69, 9.17) is 9.84 Å². The molecule has 0 unspecified atom stereocenters. The van der Waals surface area contributed by atoms with Gasteiger partial charge in [0, 0.05) is 18.0 Å². The number of ether oxygens (including phenoxy) is 1. The molecule has 6 heteroatoms. The third-order valence-electron chi connectivity index (χ3n) is 7.23. The van der Waals surface area contributed by atoms with E-state index in [-0.39, 0.29) is 18.6 Å². The van der Waals surface area contributed by atoms with Crippen LogP contribution in [0.5, 0.6) is 0 Å². The number of nitrogens with one attached hydrogen (secondary N) is 1. The van der Waals surface area contributed by atoms with Gasteiger partial charge in [-0.3, -0.25) is 9.47 Å². The van der Waals surface area contributed by atoms with Gasteiger partial charge in [-0.2, -0.15) is 0 Å². The average Bonchev–Trinajstić information content (AvgIpc) is 3.02. The number of benzene rings is 1. The monoisotopic (exact) mass is 396 g/mol. The van der Waals surface area contributed by atoms with Crippen molar-refractivity contribution in [1.29, 1.82) is 0 Å². The Morgan fingerprint density at radius 3 is 2.45 bits per heavy atom. The van der Waals surface area contributed by atoms with Crippen LogP contribution in [-0.2, 0) is 16.0 Å². The van der Waals surface area contributed by atoms with Crippen LogP contribution in [0.1, 0.15) is 50.5 Å². The van der Waals surface area contributed by atoms with Gasteiger partial charge in [0.25, 0.3) is 0 Å². The summed E-state index contributed by atoms with van der Waals surface area (Å²) in [5, 5.41) is 9.93. The van der Waals surface area contributed by atoms with Crippen LogP contribution in [0.25, 0.3) is 10.9 Å². The number of hydrogen-bond acceptors (Lipinski definition) is 3. The van der Waals surface area contributed by atoms with Gasteiger partial charge in [0.1, 0.15) is 6.10 Å². The van der Waals surface area contributed by atoms with Crippen LogP contribution in [0, 0.1) is 23.7 Å². The molecule has 4 aliphatic carbocycles. The maximum atomic E-state index is 12.7. The van der Waals surface area contributed by atoms with Gasteiger partial charge in [-0.1, -0.05) is 18.2 Å². The molecule has 2 aromatic rings. The molecule has 1 heterocycles. The van der Waals surface area contributed by atoms with Crippen molar-refractivity contribution in [2.24, 2.45) is 23.7 Å². The molecule has 0 spiro atoms. The largest absolute Gasteiger partial charge is 0.481 e. The second kappa shape index (κ2) is 7.39. The van der Waals surface area contributed by atoms with Gasteiger partial charge in [-0.05, 0) is 80.2 Å². The Balaban J connectivity index is 1.28. The first-order valence-corrected chi connectivity index (χ1v) is 10.8. The van der Waals surface area contributed by atoms with Gasteiger partial charge in [-0.25, -0.2) is 10.2 Å². The minimum atomic E-state index is -0.786. The SMILES string of the molecule is O=C(O)CCCc1cn(NC(=O)OC2C3CC4CC(C3)CC2C4)c2ccccc12. The summed E-state index contributed by atoms with van der Waals surface area (Å²) in [6, 6.07) is 7.86. The average molecular weight is 396 g/mol. The summed E-state index contributed by atoms with van der Waals surface area (Å²) < 4.78 is 7.68. The van der Waals surface area contributed by atoms with E-state index in [0.29, 0.717) is 24.7 Å². The number of hydrogen-bond donors (Lipinski definition) is 2. The number of rotatable bonds is 6. The maximum absolute atomic E-state index is 12.7. The highest BCUT2D eigenvalue weighted by molar-refractivity contribution is 5.87. The smallest absolute Gasteiger partial charge is 0.426 e. The molecule has 2 N–H and O–H groups in total. The Hall–Kier alpha value is -2.50. The molecular formula is C23H28N2O4. The molecule has 6 rings (SSSR count). The lowest BCUT2D eigenvalue weighted by atomic mass is 9.55. The molecule has 0 aliphatic heterocycles. The van der Waals surface area contributed by atoms with Crippen molar-refractivity contribution in [2.75, 3.05) is 5.43 Å². The van der Waals surface area contributed by atoms with Crippen LogP contribution in [-0.4, -0.2) is 27.9 Å². The molecule has 1 aromatic heterocycles. The van der Waals surface area contributed by atoms with Crippen molar-refractivity contribution in [3.63, 3.8) is 0 Å². The van der Waals surface area contributed by atoms with Gasteiger partial charge in [0.05, 0.1) is 5.52 Å². The molecule has 29 heavy (non-hydrogen) atoms. The lowest BCUT2D eigenvalue weighted by Crippen LogP contribution is -2.50. The van der Waals surface area contributed by atoms with Crippen LogP contribution in [0.15, 0.2) is 30.5 Å². The molecule has 0 atom stereocenters. The molecule has 1 amide bonds. The number of fused-ring (bicyclic) bond motifs is 1. The number of aromatic nitrogens is 1. The summed E-state index contributed by atoms with van der Waals surface area (Å²) in [5.41, 5.74) is 4.84. The molecule has 4 aliphatic rings. The van der Waals surface area contributed by atoms with Gasteiger partial charge in [-0.15, -0.1) is 0 Å². The predicted octanol–water partition coefficient (Wildman–Crippen LogP) is 4.55. The number of carboxylic acid groups (broad SMARTS) is 1. The number of amides is 1. The highest BCUT2D eigenvalue weighted by Crippen LogP contribution is 2.54. The van der Waals surface area contributed by atoms with E-state index >= 15 is 0 Å². The zero-order chi connectivity index (χ0) is 20.0. The minimum absolute atomic E-state index is 0.0552. The van der Waals surface area contributed by atoms with Gasteiger partial charge in [0.2, 0.25) is 0 Å². The van der Waals surface area contributed by atoms with E-state index in [1.54, 1.807) is 4.68 Å². The summed E-state index contributed by atoms with van der Waals surface area (Å²) in [4.78, 5) is 23.5. The molecule has 4 saturated carbocycles. The van der Waals surface area contributed by atoms with Gasteiger partial charge in [0.15, 0.2) is 0 Å². The van der Waals surface area contributed by atoms with Crippen LogP contribution in [0.3, 0.4) is 0 Å². The fourth-order valence-corrected chi connectivity index (χ4v) is 6.29. The van der Waals surface area contributed by atoms with Crippen molar-refractivity contribution < 1.29 is 19.4 Å². The van der Waals surface area contributed by atoms with Crippen LogP contribution in [0.4, 0.5) is 4.79 Å². The standard InChI is InChI=1S/C23H28N2O4/c26-21(27)7-3-4-16-13-25(20-6-2-1-5-19(16)20)24-23(28)29-22-17-9-14-8-15(11-17)12-18(22)10-14/h1-2,5-6,13-15,17-18,22H,3-4,7-12H2,(H,24,28)(H,26,27). The summed E-state index contributed by atoms with van der Waals surface area (Å²) in [5.74, 6) is 1.98. The van der Waals surface area contributed by atoms with E-state index in [1.165, 1.54) is 32.1 Å². The Bertz CT molecular complexity index is 906. The Kier molecular flexibility index (Phi) is 4.72. The highest BCUT2D eigenvalue weighted by Gasteiger charge is 2.50. The Morgan fingerprint density at radius 2 is 1.76 bits per heavy atom. The number of nitrogens with zero attached hydrogens (tertiary/aromatic N) is 1. The first kappa shape index (κ1) is 18.5. The van der Waals surface area contributed by atoms with Crippen molar-refractivity contribution in [3.8, 4) is 0 Å². The summed E-state index contributed by atoms with van der Waals surface area (Å²) in [6.07, 6.45) is 9.16. The number of carboxylic acids is 1. The fraction of sp³-hybridized carbons (Fsp3) is 0.565. The first-order valence-electron chi connectivity index (χ1n) is 10.8. The summed E-state index contributed by atoms with van der Waals surface area (Å²) >= 11 is 0. The highest BCUT2D eigenvalue weighted by atomic mass is 16.6. The van der Waals surface area contributed by atoms with Gasteiger partial charge >= 0.3 is 12.1 Å². The third kappa shape index (κ3) is 3.61. The zero-order valence-corrected chi connectivity index (χ0v) is 16.5. The van der Waals surface area contributed by atoms with Gasteiger partial charge < -0.3 is 9.84 Å². The molecule has 4 bridgehead atoms. The Morgan fingerprint density at radius 1 is 1.07 bits per heavy atom. The zero-order valence-electron chi connectivity index (χ0n) is 16.5. The van der Waals surface area contributed by atoms with Crippen LogP contribution in [0.2, 0.25) is 0 Å². The van der Waals surface area contributed by atoms with Crippen molar-refractivity contribution in [3.05, 3.63) is 36.0 Å². The summed E-state index contributed by atoms with van der Waals surface area (Å²) in [6.45, 7) is 0. The van der Waals surface area contributed by atoms with E-state index < -0.39 is 5.97 Å². The van der Waals surface area contributed by atoms with E-state index in [1.807, 2.05) is 30.5 Å².